The standard InChI is InChI=1S/C27H25N5O3/c1-15-18(10-11-19-21(15)23(33)16(2)27(3,4)32(19)26(28)35)24(34)25-30-22(17-8-7-12-29-14-17)20-9-5-6-13-31(20)25/h5-14,16H,1-4H3,(H2,28,35). The first-order valence-corrected chi connectivity index (χ1v) is 11.3. The minimum absolute atomic E-state index is 0.126. The Hall–Kier alpha value is -4.33. The lowest BCUT2D eigenvalue weighted by atomic mass is 9.75. The van der Waals surface area contributed by atoms with Gasteiger partial charge in [0.15, 0.2) is 11.6 Å². The fourth-order valence-electron chi connectivity index (χ4n) is 4.92. The van der Waals surface area contributed by atoms with Gasteiger partial charge in [0.1, 0.15) is 0 Å². The summed E-state index contributed by atoms with van der Waals surface area (Å²) in [5, 5.41) is 0. The molecule has 8 heteroatoms. The largest absolute Gasteiger partial charge is 0.351 e. The van der Waals surface area contributed by atoms with E-state index in [1.807, 2.05) is 44.2 Å². The van der Waals surface area contributed by atoms with E-state index in [0.717, 1.165) is 11.1 Å². The molecule has 0 radical (unpaired) electrons. The molecule has 3 aromatic heterocycles. The van der Waals surface area contributed by atoms with Crippen molar-refractivity contribution in [3.05, 3.63) is 83.6 Å². The van der Waals surface area contributed by atoms with E-state index in [1.54, 1.807) is 49.0 Å². The molecule has 1 aromatic carbocycles. The monoisotopic (exact) mass is 467 g/mol. The number of amides is 2. The molecule has 0 aliphatic carbocycles. The van der Waals surface area contributed by atoms with Crippen molar-refractivity contribution >= 4 is 28.8 Å². The number of aromatic nitrogens is 3. The van der Waals surface area contributed by atoms with Gasteiger partial charge < -0.3 is 5.73 Å². The van der Waals surface area contributed by atoms with Crippen LogP contribution < -0.4 is 10.6 Å². The highest BCUT2D eigenvalue weighted by Crippen LogP contribution is 2.42. The van der Waals surface area contributed by atoms with Gasteiger partial charge >= 0.3 is 6.03 Å². The van der Waals surface area contributed by atoms with E-state index in [0.29, 0.717) is 28.1 Å². The second-order valence-electron chi connectivity index (χ2n) is 9.36. The number of pyridine rings is 2. The molecule has 0 bridgehead atoms. The second-order valence-corrected chi connectivity index (χ2v) is 9.36. The Morgan fingerprint density at radius 2 is 1.86 bits per heavy atom. The molecule has 0 fully saturated rings. The van der Waals surface area contributed by atoms with E-state index in [4.69, 9.17) is 10.7 Å². The summed E-state index contributed by atoms with van der Waals surface area (Å²) in [5.41, 5.74) is 8.73. The molecule has 0 spiro atoms. The normalized spacial score (nSPS) is 16.9. The summed E-state index contributed by atoms with van der Waals surface area (Å²) in [7, 11) is 0. The van der Waals surface area contributed by atoms with Gasteiger partial charge in [-0.05, 0) is 62.7 Å². The number of ketones is 2. The first-order chi connectivity index (χ1) is 16.6. The van der Waals surface area contributed by atoms with Crippen molar-refractivity contribution in [1.29, 1.82) is 0 Å². The minimum atomic E-state index is -0.800. The number of nitrogens with two attached hydrogens (primary N) is 1. The maximum Gasteiger partial charge on any atom is 0.319 e. The number of urea groups is 1. The van der Waals surface area contributed by atoms with E-state index in [9.17, 15) is 14.4 Å². The Morgan fingerprint density at radius 1 is 1.09 bits per heavy atom. The van der Waals surface area contributed by atoms with E-state index in [-0.39, 0.29) is 17.4 Å². The van der Waals surface area contributed by atoms with Crippen LogP contribution in [-0.2, 0) is 0 Å². The molecule has 1 aliphatic rings. The van der Waals surface area contributed by atoms with Gasteiger partial charge in [0.25, 0.3) is 0 Å². The minimum Gasteiger partial charge on any atom is -0.351 e. The van der Waals surface area contributed by atoms with Gasteiger partial charge in [0.2, 0.25) is 5.78 Å². The van der Waals surface area contributed by atoms with E-state index < -0.39 is 17.5 Å². The van der Waals surface area contributed by atoms with E-state index in [1.165, 1.54) is 4.90 Å². The molecule has 0 saturated carbocycles. The van der Waals surface area contributed by atoms with Crippen LogP contribution in [-0.4, -0.2) is 37.5 Å². The molecule has 35 heavy (non-hydrogen) atoms. The fraction of sp³-hybridized carbons (Fsp3) is 0.222. The van der Waals surface area contributed by atoms with Crippen molar-refractivity contribution in [2.24, 2.45) is 11.7 Å². The fourth-order valence-corrected chi connectivity index (χ4v) is 4.92. The molecule has 4 heterocycles. The molecule has 8 nitrogen and oxygen atoms in total. The molecule has 1 aliphatic heterocycles. The van der Waals surface area contributed by atoms with Crippen molar-refractivity contribution in [2.75, 3.05) is 4.90 Å². The maximum absolute atomic E-state index is 13.8. The van der Waals surface area contributed by atoms with Crippen molar-refractivity contribution in [3.8, 4) is 11.3 Å². The highest BCUT2D eigenvalue weighted by molar-refractivity contribution is 6.16. The lowest BCUT2D eigenvalue weighted by molar-refractivity contribution is 0.0868. The third-order valence-electron chi connectivity index (χ3n) is 7.11. The number of carbonyl (C=O) groups excluding carboxylic acids is 3. The van der Waals surface area contributed by atoms with Gasteiger partial charge in [-0.3, -0.25) is 23.9 Å². The third kappa shape index (κ3) is 3.24. The summed E-state index contributed by atoms with van der Waals surface area (Å²) in [6, 6.07) is 11.9. The van der Waals surface area contributed by atoms with Gasteiger partial charge in [0, 0.05) is 41.2 Å². The number of carbonyl (C=O) groups is 3. The second kappa shape index (κ2) is 7.87. The van der Waals surface area contributed by atoms with Gasteiger partial charge in [-0.2, -0.15) is 0 Å². The number of hydrogen-bond donors (Lipinski definition) is 1. The number of fused-ring (bicyclic) bond motifs is 2. The van der Waals surface area contributed by atoms with Crippen LogP contribution in [0.25, 0.3) is 16.8 Å². The van der Waals surface area contributed by atoms with Crippen LogP contribution in [0.1, 0.15) is 52.9 Å². The number of rotatable bonds is 3. The average Bonchev–Trinajstić information content (AvgIpc) is 3.22. The van der Waals surface area contributed by atoms with Gasteiger partial charge in [-0.1, -0.05) is 13.0 Å². The molecular weight excluding hydrogens is 442 g/mol. The SMILES string of the molecule is Cc1c(C(=O)c2nc(-c3cccnc3)c3ccccn23)ccc2c1C(=O)C(C)C(C)(C)N2C(N)=O. The predicted molar refractivity (Wildman–Crippen MR) is 133 cm³/mol. The molecule has 2 N–H and O–H groups in total. The average molecular weight is 468 g/mol. The Balaban J connectivity index is 1.69. The maximum atomic E-state index is 13.8. The summed E-state index contributed by atoms with van der Waals surface area (Å²) in [4.78, 5) is 49.9. The molecule has 176 valence electrons. The van der Waals surface area contributed by atoms with E-state index in [2.05, 4.69) is 4.98 Å². The predicted octanol–water partition coefficient (Wildman–Crippen LogP) is 4.43. The summed E-state index contributed by atoms with van der Waals surface area (Å²) < 4.78 is 1.74. The zero-order valence-corrected chi connectivity index (χ0v) is 19.9. The lowest BCUT2D eigenvalue weighted by Gasteiger charge is -2.46. The number of primary amides is 1. The Morgan fingerprint density at radius 3 is 2.54 bits per heavy atom. The topological polar surface area (TPSA) is 111 Å². The van der Waals surface area contributed by atoms with Crippen LogP contribution in [0.5, 0.6) is 0 Å². The quantitative estimate of drug-likeness (QED) is 0.448. The van der Waals surface area contributed by atoms with Gasteiger partial charge in [0.05, 0.1) is 22.4 Å². The molecular formula is C27H25N5O3. The Bertz CT molecular complexity index is 1520. The number of nitrogens with zero attached hydrogens (tertiary/aromatic N) is 4. The van der Waals surface area contributed by atoms with E-state index >= 15 is 0 Å². The van der Waals surface area contributed by atoms with Crippen LogP contribution >= 0.6 is 0 Å². The molecule has 2 amide bonds. The lowest BCUT2D eigenvalue weighted by Crippen LogP contribution is -2.59. The number of anilines is 1. The van der Waals surface area contributed by atoms with Crippen LogP contribution in [0.2, 0.25) is 0 Å². The zero-order chi connectivity index (χ0) is 25.1. The van der Waals surface area contributed by atoms with Crippen LogP contribution in [0.3, 0.4) is 0 Å². The summed E-state index contributed by atoms with van der Waals surface area (Å²) in [6.07, 6.45) is 5.17. The zero-order valence-electron chi connectivity index (χ0n) is 19.9. The van der Waals surface area contributed by atoms with Gasteiger partial charge in [-0.25, -0.2) is 9.78 Å². The van der Waals surface area contributed by atoms with Crippen molar-refractivity contribution in [1.82, 2.24) is 14.4 Å². The molecule has 4 aromatic rings. The van der Waals surface area contributed by atoms with Crippen molar-refractivity contribution < 1.29 is 14.4 Å². The van der Waals surface area contributed by atoms with Crippen LogP contribution in [0.15, 0.2) is 61.1 Å². The highest BCUT2D eigenvalue weighted by atomic mass is 16.2. The van der Waals surface area contributed by atoms with Gasteiger partial charge in [-0.15, -0.1) is 0 Å². The molecule has 1 unspecified atom stereocenters. The Labute approximate surface area is 202 Å². The first-order valence-electron chi connectivity index (χ1n) is 11.3. The number of benzene rings is 1. The molecule has 0 saturated heterocycles. The molecule has 5 rings (SSSR count). The number of hydrogen-bond acceptors (Lipinski definition) is 5. The van der Waals surface area contributed by atoms with Crippen LogP contribution in [0.4, 0.5) is 10.5 Å². The summed E-state index contributed by atoms with van der Waals surface area (Å²) >= 11 is 0. The number of imidazole rings is 1. The summed E-state index contributed by atoms with van der Waals surface area (Å²) in [5.74, 6) is -0.724. The van der Waals surface area contributed by atoms with Crippen molar-refractivity contribution in [3.63, 3.8) is 0 Å². The van der Waals surface area contributed by atoms with Crippen LogP contribution in [0, 0.1) is 12.8 Å². The first kappa shape index (κ1) is 22.5. The smallest absolute Gasteiger partial charge is 0.319 e. The third-order valence-corrected chi connectivity index (χ3v) is 7.11. The molecule has 1 atom stereocenters. The summed E-state index contributed by atoms with van der Waals surface area (Å²) in [6.45, 7) is 7.13. The highest BCUT2D eigenvalue weighted by Gasteiger charge is 2.47. The number of Topliss-reactive ketones (excluding diaryl/α,β-unsaturated/α-hetero) is 1. The Kier molecular flexibility index (Phi) is 5.05. The van der Waals surface area contributed by atoms with Crippen molar-refractivity contribution in [2.45, 2.75) is 33.2 Å².